The third kappa shape index (κ3) is 4.08. The highest BCUT2D eigenvalue weighted by atomic mass is 16.3. The topological polar surface area (TPSA) is 49.5 Å². The summed E-state index contributed by atoms with van der Waals surface area (Å²) in [5.41, 5.74) is 0.654. The zero-order valence-electron chi connectivity index (χ0n) is 17.7. The Bertz CT molecular complexity index is 890. The summed E-state index contributed by atoms with van der Waals surface area (Å²) >= 11 is 0. The second kappa shape index (κ2) is 9.06. The molecule has 0 bridgehead atoms. The van der Waals surface area contributed by atoms with Gasteiger partial charge in [0.05, 0.1) is 25.6 Å². The van der Waals surface area contributed by atoms with Crippen molar-refractivity contribution in [1.82, 2.24) is 0 Å². The second-order valence-corrected chi connectivity index (χ2v) is 8.68. The molecular weight excluding hydrogens is 360 g/mol. The van der Waals surface area contributed by atoms with Crippen molar-refractivity contribution in [3.8, 4) is 11.5 Å². The van der Waals surface area contributed by atoms with Gasteiger partial charge in [-0.3, -0.25) is 4.58 Å². The molecule has 2 aliphatic rings. The van der Waals surface area contributed by atoms with Crippen molar-refractivity contribution >= 4 is 22.3 Å². The van der Waals surface area contributed by atoms with Crippen LogP contribution in [-0.4, -0.2) is 35.2 Å². The van der Waals surface area contributed by atoms with Gasteiger partial charge in [0.25, 0.3) is 5.84 Å². The van der Waals surface area contributed by atoms with Gasteiger partial charge in [0.15, 0.2) is 0 Å². The van der Waals surface area contributed by atoms with E-state index in [1.807, 2.05) is 24.3 Å². The van der Waals surface area contributed by atoms with Crippen LogP contribution in [0.2, 0.25) is 0 Å². The number of hydrogen-bond acceptors (Lipinski definition) is 3. The van der Waals surface area contributed by atoms with Crippen LogP contribution in [0.5, 0.6) is 11.5 Å². The monoisotopic (exact) mass is 394 g/mol. The van der Waals surface area contributed by atoms with Crippen LogP contribution in [0.25, 0.3) is 10.8 Å². The largest absolute Gasteiger partial charge is 0.869 e. The number of anilines is 1. The SMILES string of the molecule is CCCCCCC1CCCC[N+]2=C1N(c1cc(O)c3ccccc3c1[O-])CCC2. The summed E-state index contributed by atoms with van der Waals surface area (Å²) in [4.78, 5) is 2.26. The van der Waals surface area contributed by atoms with E-state index in [0.717, 1.165) is 26.1 Å². The zero-order valence-corrected chi connectivity index (χ0v) is 17.7. The van der Waals surface area contributed by atoms with E-state index < -0.39 is 0 Å². The summed E-state index contributed by atoms with van der Waals surface area (Å²) in [6.07, 6.45) is 11.1. The minimum absolute atomic E-state index is 0.0433. The number of benzene rings is 2. The maximum atomic E-state index is 13.4. The lowest BCUT2D eigenvalue weighted by atomic mass is 9.92. The van der Waals surface area contributed by atoms with Crippen LogP contribution in [0.15, 0.2) is 30.3 Å². The fraction of sp³-hybridized carbons (Fsp3) is 0.560. The molecule has 156 valence electrons. The van der Waals surface area contributed by atoms with Gasteiger partial charge in [-0.1, -0.05) is 62.6 Å². The average Bonchev–Trinajstić information content (AvgIpc) is 2.96. The van der Waals surface area contributed by atoms with Crippen LogP contribution in [0.3, 0.4) is 0 Å². The number of hydrogen-bond donors (Lipinski definition) is 1. The van der Waals surface area contributed by atoms with Crippen molar-refractivity contribution in [3.05, 3.63) is 30.3 Å². The molecule has 4 heteroatoms. The van der Waals surface area contributed by atoms with E-state index in [1.165, 1.54) is 57.2 Å². The molecule has 0 fully saturated rings. The number of phenols is 1. The minimum atomic E-state index is 0.0433. The highest BCUT2D eigenvalue weighted by Gasteiger charge is 2.37. The highest BCUT2D eigenvalue weighted by Crippen LogP contribution is 2.40. The fourth-order valence-corrected chi connectivity index (χ4v) is 5.20. The van der Waals surface area contributed by atoms with Crippen molar-refractivity contribution in [2.75, 3.05) is 24.5 Å². The molecule has 0 radical (unpaired) electrons. The van der Waals surface area contributed by atoms with Gasteiger partial charge in [0.2, 0.25) is 0 Å². The van der Waals surface area contributed by atoms with Crippen molar-refractivity contribution < 1.29 is 14.8 Å². The lowest BCUT2D eigenvalue weighted by Gasteiger charge is -2.32. The molecule has 0 aromatic heterocycles. The maximum Gasteiger partial charge on any atom is 0.255 e. The molecule has 2 aromatic carbocycles. The van der Waals surface area contributed by atoms with E-state index in [2.05, 4.69) is 16.4 Å². The van der Waals surface area contributed by atoms with Crippen molar-refractivity contribution in [1.29, 1.82) is 0 Å². The Morgan fingerprint density at radius 3 is 2.69 bits per heavy atom. The summed E-state index contributed by atoms with van der Waals surface area (Å²) in [5, 5.41) is 25.3. The molecule has 29 heavy (non-hydrogen) atoms. The normalized spacial score (nSPS) is 20.0. The molecule has 4 nitrogen and oxygen atoms in total. The van der Waals surface area contributed by atoms with Gasteiger partial charge in [-0.25, -0.2) is 4.90 Å². The molecule has 2 heterocycles. The Morgan fingerprint density at radius 1 is 1.07 bits per heavy atom. The summed E-state index contributed by atoms with van der Waals surface area (Å²) in [5.74, 6) is 2.11. The van der Waals surface area contributed by atoms with Gasteiger partial charge < -0.3 is 10.2 Å². The van der Waals surface area contributed by atoms with Crippen molar-refractivity contribution in [2.45, 2.75) is 64.7 Å². The number of aromatic hydroxyl groups is 1. The fourth-order valence-electron chi connectivity index (χ4n) is 5.20. The summed E-state index contributed by atoms with van der Waals surface area (Å²) in [7, 11) is 0. The quantitative estimate of drug-likeness (QED) is 0.553. The first-order chi connectivity index (χ1) is 14.2. The van der Waals surface area contributed by atoms with Gasteiger partial charge in [-0.05, 0) is 31.1 Å². The predicted molar refractivity (Wildman–Crippen MR) is 118 cm³/mol. The summed E-state index contributed by atoms with van der Waals surface area (Å²) in [6, 6.07) is 9.12. The molecular formula is C25H34N2O2. The molecule has 1 unspecified atom stereocenters. The molecule has 0 aliphatic carbocycles. The van der Waals surface area contributed by atoms with Crippen molar-refractivity contribution in [3.63, 3.8) is 0 Å². The van der Waals surface area contributed by atoms with E-state index in [1.54, 1.807) is 6.07 Å². The maximum absolute atomic E-state index is 13.4. The summed E-state index contributed by atoms with van der Waals surface area (Å²) in [6.45, 7) is 5.30. The van der Waals surface area contributed by atoms with Gasteiger partial charge >= 0.3 is 0 Å². The molecule has 1 N–H and O–H groups in total. The Balaban J connectivity index is 1.72. The number of fused-ring (bicyclic) bond motifs is 1. The third-order valence-corrected chi connectivity index (χ3v) is 6.66. The first kappa shape index (κ1) is 20.1. The molecule has 0 saturated heterocycles. The number of unbranched alkanes of at least 4 members (excludes halogenated alkanes) is 3. The number of rotatable bonds is 6. The van der Waals surface area contributed by atoms with E-state index in [9.17, 15) is 10.2 Å². The molecule has 0 saturated carbocycles. The first-order valence-corrected chi connectivity index (χ1v) is 11.5. The zero-order chi connectivity index (χ0) is 20.2. The first-order valence-electron chi connectivity index (χ1n) is 11.5. The lowest BCUT2D eigenvalue weighted by Crippen LogP contribution is -2.48. The molecule has 2 aliphatic heterocycles. The Hall–Kier alpha value is -2.23. The van der Waals surface area contributed by atoms with E-state index in [-0.39, 0.29) is 11.5 Å². The average molecular weight is 395 g/mol. The van der Waals surface area contributed by atoms with E-state index in [4.69, 9.17) is 0 Å². The Morgan fingerprint density at radius 2 is 1.86 bits per heavy atom. The third-order valence-electron chi connectivity index (χ3n) is 6.66. The van der Waals surface area contributed by atoms with E-state index in [0.29, 0.717) is 22.4 Å². The number of phenolic OH excluding ortho intramolecular Hbond substituents is 1. The van der Waals surface area contributed by atoms with Crippen LogP contribution in [0.1, 0.15) is 64.7 Å². The molecule has 2 aromatic rings. The smallest absolute Gasteiger partial charge is 0.255 e. The minimum Gasteiger partial charge on any atom is -0.869 e. The van der Waals surface area contributed by atoms with Gasteiger partial charge in [0.1, 0.15) is 11.4 Å². The predicted octanol–water partition coefficient (Wildman–Crippen LogP) is 5.01. The molecule has 0 amide bonds. The lowest BCUT2D eigenvalue weighted by molar-refractivity contribution is -0.533. The Kier molecular flexibility index (Phi) is 6.27. The van der Waals surface area contributed by atoms with Crippen LogP contribution in [0, 0.1) is 5.92 Å². The Labute approximate surface area is 174 Å². The van der Waals surface area contributed by atoms with Crippen molar-refractivity contribution in [2.24, 2.45) is 5.92 Å². The molecule has 0 spiro atoms. The van der Waals surface area contributed by atoms with Crippen LogP contribution >= 0.6 is 0 Å². The van der Waals surface area contributed by atoms with Crippen LogP contribution < -0.4 is 10.0 Å². The van der Waals surface area contributed by atoms with Crippen LogP contribution in [-0.2, 0) is 0 Å². The van der Waals surface area contributed by atoms with Crippen LogP contribution in [0.4, 0.5) is 5.69 Å². The molecule has 1 atom stereocenters. The summed E-state index contributed by atoms with van der Waals surface area (Å²) < 4.78 is 2.53. The van der Waals surface area contributed by atoms with E-state index >= 15 is 0 Å². The van der Waals surface area contributed by atoms with Gasteiger partial charge in [-0.2, -0.15) is 0 Å². The van der Waals surface area contributed by atoms with Gasteiger partial charge in [-0.15, -0.1) is 0 Å². The number of nitrogens with zero attached hydrogens (tertiary/aromatic N) is 2. The van der Waals surface area contributed by atoms with Gasteiger partial charge in [0, 0.05) is 17.9 Å². The highest BCUT2D eigenvalue weighted by molar-refractivity contribution is 6.04. The standard InChI is InChI=1S/C25H34N2O2/c1-2-3-4-5-11-19-12-8-9-15-26-16-10-17-27(25(19)26)22-18-23(28)20-13-6-7-14-21(20)24(22)29/h6-7,13-14,18-19H,2-5,8-12,15-17H2,1H3,(H-,28,29). The second-order valence-electron chi connectivity index (χ2n) is 8.68. The molecule has 4 rings (SSSR count). The number of amidine groups is 1.